The van der Waals surface area contributed by atoms with Gasteiger partial charge in [-0.15, -0.1) is 11.3 Å². The maximum absolute atomic E-state index is 12.7. The maximum Gasteiger partial charge on any atom is 0.263 e. The fraction of sp³-hybridized carbons (Fsp3) is 0.370. The van der Waals surface area contributed by atoms with Gasteiger partial charge in [-0.05, 0) is 37.1 Å². The Morgan fingerprint density at radius 2 is 2.00 bits per heavy atom. The highest BCUT2D eigenvalue weighted by molar-refractivity contribution is 7.13. The molecule has 0 saturated carbocycles. The molecule has 1 aromatic carbocycles. The van der Waals surface area contributed by atoms with Crippen LogP contribution in [0.25, 0.3) is 11.3 Å². The summed E-state index contributed by atoms with van der Waals surface area (Å²) in [6.07, 6.45) is 4.28. The lowest BCUT2D eigenvalue weighted by Crippen LogP contribution is -2.22. The summed E-state index contributed by atoms with van der Waals surface area (Å²) >= 11 is 1.45. The van der Waals surface area contributed by atoms with Crippen LogP contribution in [-0.2, 0) is 25.0 Å². The quantitative estimate of drug-likeness (QED) is 0.344. The number of amides is 1. The van der Waals surface area contributed by atoms with Gasteiger partial charge in [0.2, 0.25) is 0 Å². The number of carbonyl (C=O) groups is 1. The summed E-state index contributed by atoms with van der Waals surface area (Å²) in [5.74, 6) is 1.37. The van der Waals surface area contributed by atoms with E-state index < -0.39 is 0 Å². The number of nitrogens with zero attached hydrogens (tertiary/aromatic N) is 5. The van der Waals surface area contributed by atoms with E-state index in [4.69, 9.17) is 0 Å². The molecule has 1 aliphatic heterocycles. The Labute approximate surface area is 220 Å². The molecule has 0 spiro atoms. The fourth-order valence-corrected chi connectivity index (χ4v) is 5.07. The average molecular weight is 517 g/mol. The molecule has 0 atom stereocenters. The molecule has 0 aliphatic carbocycles. The van der Waals surface area contributed by atoms with Crippen molar-refractivity contribution in [1.29, 1.82) is 0 Å². The Hall–Kier alpha value is -3.63. The summed E-state index contributed by atoms with van der Waals surface area (Å²) in [5, 5.41) is 15.4. The largest absolute Gasteiger partial charge is 0.347 e. The van der Waals surface area contributed by atoms with Gasteiger partial charge < -0.3 is 16.0 Å². The number of aromatic nitrogens is 5. The number of hydrogen-bond acceptors (Lipinski definition) is 8. The second-order valence-corrected chi connectivity index (χ2v) is 11.3. The number of fused-ring (bicyclic) bond motifs is 1. The van der Waals surface area contributed by atoms with Crippen molar-refractivity contribution in [2.45, 2.75) is 59.2 Å². The van der Waals surface area contributed by atoms with Crippen LogP contribution >= 0.6 is 11.3 Å². The number of rotatable bonds is 6. The molecular formula is C27H32N8OS. The van der Waals surface area contributed by atoms with Crippen molar-refractivity contribution in [2.75, 3.05) is 11.9 Å². The number of anilines is 2. The lowest BCUT2D eigenvalue weighted by atomic mass is 9.98. The summed E-state index contributed by atoms with van der Waals surface area (Å²) in [4.78, 5) is 26.5. The van der Waals surface area contributed by atoms with Gasteiger partial charge in [0.1, 0.15) is 17.0 Å². The van der Waals surface area contributed by atoms with Crippen LogP contribution < -0.4 is 16.0 Å². The first-order chi connectivity index (χ1) is 17.8. The molecule has 0 radical (unpaired) electrons. The molecule has 10 heteroatoms. The van der Waals surface area contributed by atoms with Gasteiger partial charge in [0, 0.05) is 42.7 Å². The van der Waals surface area contributed by atoms with Crippen LogP contribution in [0.2, 0.25) is 0 Å². The van der Waals surface area contributed by atoms with Crippen molar-refractivity contribution >= 4 is 28.9 Å². The first-order valence-corrected chi connectivity index (χ1v) is 13.3. The van der Waals surface area contributed by atoms with Gasteiger partial charge in [0.15, 0.2) is 5.82 Å². The smallest absolute Gasteiger partial charge is 0.263 e. The molecule has 9 nitrogen and oxygen atoms in total. The first kappa shape index (κ1) is 25.0. The van der Waals surface area contributed by atoms with Gasteiger partial charge in [-0.25, -0.2) is 15.0 Å². The van der Waals surface area contributed by atoms with Gasteiger partial charge in [0.05, 0.1) is 22.6 Å². The minimum Gasteiger partial charge on any atom is -0.347 e. The second-order valence-electron chi connectivity index (χ2n) is 10.3. The Bertz CT molecular complexity index is 1390. The van der Waals surface area contributed by atoms with E-state index in [-0.39, 0.29) is 11.3 Å². The Morgan fingerprint density at radius 1 is 1.14 bits per heavy atom. The zero-order valence-corrected chi connectivity index (χ0v) is 22.4. The predicted molar refractivity (Wildman–Crippen MR) is 146 cm³/mol. The van der Waals surface area contributed by atoms with E-state index in [1.807, 2.05) is 29.8 Å². The first-order valence-electron chi connectivity index (χ1n) is 12.5. The van der Waals surface area contributed by atoms with E-state index in [1.54, 1.807) is 12.5 Å². The van der Waals surface area contributed by atoms with E-state index in [9.17, 15) is 4.79 Å². The zero-order chi connectivity index (χ0) is 26.0. The van der Waals surface area contributed by atoms with Crippen LogP contribution in [0, 0.1) is 6.92 Å². The molecule has 1 amide bonds. The van der Waals surface area contributed by atoms with Crippen molar-refractivity contribution in [3.05, 3.63) is 69.6 Å². The van der Waals surface area contributed by atoms with Gasteiger partial charge in [-0.2, -0.15) is 5.10 Å². The van der Waals surface area contributed by atoms with Crippen molar-refractivity contribution < 1.29 is 4.79 Å². The zero-order valence-electron chi connectivity index (χ0n) is 21.6. The molecule has 4 heterocycles. The average Bonchev–Trinajstić information content (AvgIpc) is 3.46. The van der Waals surface area contributed by atoms with Crippen molar-refractivity contribution in [3.8, 4) is 11.3 Å². The third kappa shape index (κ3) is 5.86. The molecule has 0 unspecified atom stereocenters. The molecule has 192 valence electrons. The van der Waals surface area contributed by atoms with Crippen LogP contribution in [0.15, 0.2) is 42.9 Å². The van der Waals surface area contributed by atoms with Crippen molar-refractivity contribution in [2.24, 2.45) is 0 Å². The SMILES string of the molecule is Cc1cc(-c2cc(Nc3cc4n(n3)CCCNC4)ncn2)ccc1CNC(=O)c1cnc(C(C)(C)C)s1. The lowest BCUT2D eigenvalue weighted by Gasteiger charge is -2.13. The highest BCUT2D eigenvalue weighted by Crippen LogP contribution is 2.27. The third-order valence-electron chi connectivity index (χ3n) is 6.26. The molecule has 3 N–H and O–H groups in total. The van der Waals surface area contributed by atoms with Gasteiger partial charge in [0.25, 0.3) is 5.91 Å². The summed E-state index contributed by atoms with van der Waals surface area (Å²) in [6, 6.07) is 10.1. The standard InChI is InChI=1S/C27H32N8OS/c1-17-10-18(6-7-19(17)13-29-25(36)22-15-30-26(37-22)27(2,3)4)21-12-23(32-16-31-21)33-24-11-20-14-28-8-5-9-35(20)34-24/h6-7,10-12,15-16,28H,5,8-9,13-14H2,1-4H3,(H,29,36)(H,31,32,33,34). The topological polar surface area (TPSA) is 110 Å². The van der Waals surface area contributed by atoms with Crippen LogP contribution in [0.4, 0.5) is 11.6 Å². The van der Waals surface area contributed by atoms with E-state index >= 15 is 0 Å². The second kappa shape index (κ2) is 10.4. The Balaban J connectivity index is 1.25. The molecule has 37 heavy (non-hydrogen) atoms. The van der Waals surface area contributed by atoms with Crippen molar-refractivity contribution in [1.82, 2.24) is 35.4 Å². The van der Waals surface area contributed by atoms with Gasteiger partial charge in [-0.3, -0.25) is 9.48 Å². The number of thiazole rings is 1. The molecular weight excluding hydrogens is 484 g/mol. The lowest BCUT2D eigenvalue weighted by molar-refractivity contribution is 0.0954. The van der Waals surface area contributed by atoms with E-state index in [1.165, 1.54) is 11.3 Å². The highest BCUT2D eigenvalue weighted by atomic mass is 32.1. The Morgan fingerprint density at radius 3 is 2.78 bits per heavy atom. The van der Waals surface area contributed by atoms with E-state index in [0.717, 1.165) is 65.0 Å². The van der Waals surface area contributed by atoms with E-state index in [2.05, 4.69) is 68.9 Å². The van der Waals surface area contributed by atoms with Crippen LogP contribution in [0.3, 0.4) is 0 Å². The third-order valence-corrected chi connectivity index (χ3v) is 7.69. The highest BCUT2D eigenvalue weighted by Gasteiger charge is 2.20. The van der Waals surface area contributed by atoms with Crippen LogP contribution in [0.1, 0.15) is 58.7 Å². The number of hydrogen-bond donors (Lipinski definition) is 3. The predicted octanol–water partition coefficient (Wildman–Crippen LogP) is 4.57. The molecule has 1 aliphatic rings. The molecule has 0 bridgehead atoms. The molecule has 3 aromatic heterocycles. The number of nitrogens with one attached hydrogen (secondary N) is 3. The molecule has 5 rings (SSSR count). The van der Waals surface area contributed by atoms with Gasteiger partial charge >= 0.3 is 0 Å². The van der Waals surface area contributed by atoms with Crippen LogP contribution in [0.5, 0.6) is 0 Å². The number of aryl methyl sites for hydroxylation is 2. The fourth-order valence-electron chi connectivity index (χ4n) is 4.18. The summed E-state index contributed by atoms with van der Waals surface area (Å²) in [7, 11) is 0. The van der Waals surface area contributed by atoms with E-state index in [0.29, 0.717) is 17.2 Å². The number of carbonyl (C=O) groups excluding carboxylic acids is 1. The monoisotopic (exact) mass is 516 g/mol. The summed E-state index contributed by atoms with van der Waals surface area (Å²) in [6.45, 7) is 11.5. The summed E-state index contributed by atoms with van der Waals surface area (Å²) in [5.41, 5.74) is 5.03. The maximum atomic E-state index is 12.7. The normalized spacial score (nSPS) is 13.6. The molecule has 4 aromatic rings. The molecule has 0 saturated heterocycles. The number of benzene rings is 1. The minimum absolute atomic E-state index is 0.0685. The molecule has 0 fully saturated rings. The summed E-state index contributed by atoms with van der Waals surface area (Å²) < 4.78 is 2.05. The minimum atomic E-state index is -0.102. The van der Waals surface area contributed by atoms with Gasteiger partial charge in [-0.1, -0.05) is 32.9 Å². The Kier molecular flexibility index (Phi) is 7.03. The van der Waals surface area contributed by atoms with Crippen LogP contribution in [-0.4, -0.2) is 37.2 Å². The van der Waals surface area contributed by atoms with Crippen molar-refractivity contribution in [3.63, 3.8) is 0 Å².